The molecule has 34 heavy (non-hydrogen) atoms. The van der Waals surface area contributed by atoms with Gasteiger partial charge in [-0.05, 0) is 67.1 Å². The molecule has 172 valence electrons. The third-order valence-electron chi connectivity index (χ3n) is 6.14. The number of aryl methyl sites for hydroxylation is 3. The fraction of sp³-hybridized carbons (Fsp3) is 0.192. The van der Waals surface area contributed by atoms with Crippen molar-refractivity contribution in [3.8, 4) is 5.75 Å². The number of benzene rings is 2. The fourth-order valence-corrected chi connectivity index (χ4v) is 5.99. The van der Waals surface area contributed by atoms with Crippen LogP contribution in [-0.2, 0) is 9.59 Å². The highest BCUT2D eigenvalue weighted by molar-refractivity contribution is 7.22. The molecule has 1 aliphatic heterocycles. The first-order valence-corrected chi connectivity index (χ1v) is 12.4. The van der Waals surface area contributed by atoms with Gasteiger partial charge in [-0.25, -0.2) is 4.98 Å². The number of anilines is 1. The molecule has 0 radical (unpaired) electrons. The zero-order chi connectivity index (χ0) is 24.1. The Bertz CT molecular complexity index is 1480. The van der Waals surface area contributed by atoms with E-state index in [1.807, 2.05) is 62.5 Å². The van der Waals surface area contributed by atoms with Crippen LogP contribution in [0.5, 0.6) is 5.75 Å². The molecule has 1 amide bonds. The number of Topliss-reactive ketones (excluding diaryl/α,β-unsaturated/α-hetero) is 1. The number of nitrogens with zero attached hydrogens (tertiary/aromatic N) is 2. The van der Waals surface area contributed by atoms with Crippen LogP contribution in [-0.4, -0.2) is 28.9 Å². The average molecular weight is 491 g/mol. The lowest BCUT2D eigenvalue weighted by molar-refractivity contribution is -0.132. The molecule has 1 fully saturated rings. The van der Waals surface area contributed by atoms with Crippen molar-refractivity contribution in [1.29, 1.82) is 0 Å². The van der Waals surface area contributed by atoms with Crippen molar-refractivity contribution in [3.63, 3.8) is 0 Å². The summed E-state index contributed by atoms with van der Waals surface area (Å²) < 4.78 is 6.27. The lowest BCUT2D eigenvalue weighted by atomic mass is 9.98. The predicted molar refractivity (Wildman–Crippen MR) is 136 cm³/mol. The molecule has 6 nitrogen and oxygen atoms in total. The average Bonchev–Trinajstić information content (AvgIpc) is 3.53. The number of aromatic nitrogens is 1. The van der Waals surface area contributed by atoms with E-state index in [1.54, 1.807) is 13.2 Å². The van der Waals surface area contributed by atoms with Crippen molar-refractivity contribution in [1.82, 2.24) is 4.98 Å². The Morgan fingerprint density at radius 1 is 1.06 bits per heavy atom. The van der Waals surface area contributed by atoms with Gasteiger partial charge in [0.25, 0.3) is 5.78 Å². The van der Waals surface area contributed by atoms with E-state index < -0.39 is 17.7 Å². The molecule has 1 atom stereocenters. The number of hydrogen-bond acceptors (Lipinski definition) is 7. The van der Waals surface area contributed by atoms with E-state index in [0.717, 1.165) is 37.5 Å². The fourth-order valence-electron chi connectivity index (χ4n) is 4.16. The molecule has 4 aromatic rings. The van der Waals surface area contributed by atoms with Crippen molar-refractivity contribution >= 4 is 55.5 Å². The first-order valence-electron chi connectivity index (χ1n) is 10.7. The Morgan fingerprint density at radius 3 is 2.53 bits per heavy atom. The van der Waals surface area contributed by atoms with Crippen LogP contribution in [0.25, 0.3) is 16.0 Å². The number of fused-ring (bicyclic) bond motifs is 1. The number of rotatable bonds is 4. The summed E-state index contributed by atoms with van der Waals surface area (Å²) in [6, 6.07) is 12.2. The van der Waals surface area contributed by atoms with Crippen molar-refractivity contribution in [2.45, 2.75) is 26.8 Å². The second kappa shape index (κ2) is 8.38. The lowest BCUT2D eigenvalue weighted by Crippen LogP contribution is -2.28. The molecule has 1 N–H and O–H groups in total. The number of ether oxygens (including phenoxy) is 1. The summed E-state index contributed by atoms with van der Waals surface area (Å²) in [5.74, 6) is -0.871. The maximum atomic E-state index is 13.3. The largest absolute Gasteiger partial charge is 0.507 e. The SMILES string of the molecule is COc1cc2sc(N3C(=O)C(=O)/C(=C(/O)c4ccc(C)c(C)c4)C3c3cccs3)nc2cc1C. The molecule has 8 heteroatoms. The van der Waals surface area contributed by atoms with Crippen LogP contribution >= 0.6 is 22.7 Å². The van der Waals surface area contributed by atoms with E-state index >= 15 is 0 Å². The van der Waals surface area contributed by atoms with Crippen molar-refractivity contribution < 1.29 is 19.4 Å². The smallest absolute Gasteiger partial charge is 0.301 e. The number of thiophene rings is 1. The summed E-state index contributed by atoms with van der Waals surface area (Å²) in [7, 11) is 1.61. The topological polar surface area (TPSA) is 79.7 Å². The Kier molecular flexibility index (Phi) is 5.50. The van der Waals surface area contributed by atoms with Crippen molar-refractivity contribution in [2.24, 2.45) is 0 Å². The van der Waals surface area contributed by atoms with Crippen LogP contribution in [0.3, 0.4) is 0 Å². The highest BCUT2D eigenvalue weighted by atomic mass is 32.1. The van der Waals surface area contributed by atoms with Gasteiger partial charge in [-0.3, -0.25) is 14.5 Å². The lowest BCUT2D eigenvalue weighted by Gasteiger charge is -2.21. The van der Waals surface area contributed by atoms with E-state index in [0.29, 0.717) is 10.7 Å². The first kappa shape index (κ1) is 22.3. The van der Waals surface area contributed by atoms with Crippen LogP contribution in [0.1, 0.15) is 33.2 Å². The molecule has 5 rings (SSSR count). The Labute approximate surface area is 204 Å². The molecule has 0 spiro atoms. The highest BCUT2D eigenvalue weighted by Gasteiger charge is 2.48. The minimum Gasteiger partial charge on any atom is -0.507 e. The molecule has 2 aromatic heterocycles. The molecule has 0 bridgehead atoms. The highest BCUT2D eigenvalue weighted by Crippen LogP contribution is 2.46. The number of hydrogen-bond donors (Lipinski definition) is 1. The van der Waals surface area contributed by atoms with Gasteiger partial charge in [0.2, 0.25) is 0 Å². The van der Waals surface area contributed by atoms with Gasteiger partial charge in [-0.15, -0.1) is 11.3 Å². The molecule has 0 saturated carbocycles. The number of aliphatic hydroxyl groups excluding tert-OH is 1. The van der Waals surface area contributed by atoms with Gasteiger partial charge < -0.3 is 9.84 Å². The number of amides is 1. The van der Waals surface area contributed by atoms with Gasteiger partial charge in [-0.2, -0.15) is 0 Å². The first-order chi connectivity index (χ1) is 16.3. The molecule has 1 aliphatic rings. The van der Waals surface area contributed by atoms with Gasteiger partial charge in [-0.1, -0.05) is 29.5 Å². The standard InChI is InChI=1S/C26H22N2O4S2/c1-13-7-8-16(10-14(13)2)23(29)21-22(19-6-5-9-33-19)28(25(31)24(21)30)26-27-17-11-15(3)18(32-4)12-20(17)34-26/h5-12,22,29H,1-4H3/b23-21+. The monoisotopic (exact) mass is 490 g/mol. The summed E-state index contributed by atoms with van der Waals surface area (Å²) in [6.45, 7) is 5.85. The zero-order valence-corrected chi connectivity index (χ0v) is 20.7. The summed E-state index contributed by atoms with van der Waals surface area (Å²) in [5.41, 5.74) is 4.29. The molecule has 1 unspecified atom stereocenters. The minimum absolute atomic E-state index is 0.0729. The number of thiazole rings is 1. The summed E-state index contributed by atoms with van der Waals surface area (Å²) in [5, 5.41) is 13.5. The Morgan fingerprint density at radius 2 is 1.85 bits per heavy atom. The van der Waals surface area contributed by atoms with Crippen LogP contribution in [0, 0.1) is 20.8 Å². The Hall–Kier alpha value is -3.49. The second-order valence-corrected chi connectivity index (χ2v) is 10.3. The second-order valence-electron chi connectivity index (χ2n) is 8.27. The quantitative estimate of drug-likeness (QED) is 0.218. The van der Waals surface area contributed by atoms with Crippen LogP contribution in [0.15, 0.2) is 53.4 Å². The van der Waals surface area contributed by atoms with Crippen LogP contribution < -0.4 is 9.64 Å². The van der Waals surface area contributed by atoms with Gasteiger partial charge >= 0.3 is 5.91 Å². The molecule has 3 heterocycles. The van der Waals surface area contributed by atoms with E-state index in [2.05, 4.69) is 4.98 Å². The minimum atomic E-state index is -0.759. The van der Waals surface area contributed by atoms with Gasteiger partial charge in [0.05, 0.1) is 22.9 Å². The number of methoxy groups -OCH3 is 1. The van der Waals surface area contributed by atoms with Gasteiger partial charge in [0.15, 0.2) is 5.13 Å². The molecular formula is C26H22N2O4S2. The van der Waals surface area contributed by atoms with E-state index in [-0.39, 0.29) is 11.3 Å². The zero-order valence-electron chi connectivity index (χ0n) is 19.1. The van der Waals surface area contributed by atoms with Crippen LogP contribution in [0.4, 0.5) is 5.13 Å². The normalized spacial score (nSPS) is 17.6. The number of ketones is 1. The maximum absolute atomic E-state index is 13.3. The van der Waals surface area contributed by atoms with E-state index in [1.165, 1.54) is 27.6 Å². The molecule has 1 saturated heterocycles. The Balaban J connectivity index is 1.70. The third-order valence-corrected chi connectivity index (χ3v) is 8.08. The maximum Gasteiger partial charge on any atom is 0.301 e. The van der Waals surface area contributed by atoms with Gasteiger partial charge in [0, 0.05) is 10.4 Å². The molecule has 2 aromatic carbocycles. The van der Waals surface area contributed by atoms with Crippen molar-refractivity contribution in [3.05, 3.63) is 80.5 Å². The summed E-state index contributed by atoms with van der Waals surface area (Å²) >= 11 is 2.74. The summed E-state index contributed by atoms with van der Waals surface area (Å²) in [4.78, 5) is 33.5. The predicted octanol–water partition coefficient (Wildman–Crippen LogP) is 5.92. The van der Waals surface area contributed by atoms with Crippen LogP contribution in [0.2, 0.25) is 0 Å². The van der Waals surface area contributed by atoms with Gasteiger partial charge in [0.1, 0.15) is 17.6 Å². The summed E-state index contributed by atoms with van der Waals surface area (Å²) in [6.07, 6.45) is 0. The number of aliphatic hydroxyl groups is 1. The molecular weight excluding hydrogens is 468 g/mol. The van der Waals surface area contributed by atoms with Crippen molar-refractivity contribution in [2.75, 3.05) is 12.0 Å². The third kappa shape index (κ3) is 3.50. The van der Waals surface area contributed by atoms with E-state index in [9.17, 15) is 14.7 Å². The number of carbonyl (C=O) groups excluding carboxylic acids is 2. The van der Waals surface area contributed by atoms with E-state index in [4.69, 9.17) is 4.74 Å². The number of carbonyl (C=O) groups is 2. The molecule has 0 aliphatic carbocycles.